The highest BCUT2D eigenvalue weighted by Gasteiger charge is 2.51. The Morgan fingerprint density at radius 3 is 1.94 bits per heavy atom. The molecule has 3 saturated heterocycles. The third-order valence-corrected chi connectivity index (χ3v) is 21.3. The fourth-order valence-corrected chi connectivity index (χ4v) is 15.1. The molecule has 610 valence electrons. The molecular formula is C78H83Cl2N9O26. The van der Waals surface area contributed by atoms with Gasteiger partial charge in [0, 0.05) is 61.2 Å². The molecule has 1 unspecified atom stereocenters. The van der Waals surface area contributed by atoms with Gasteiger partial charge in [-0.1, -0.05) is 83.9 Å². The maximum atomic E-state index is 16.6. The fourth-order valence-electron chi connectivity index (χ4n) is 14.7. The van der Waals surface area contributed by atoms with Crippen LogP contribution in [0.2, 0.25) is 10.0 Å². The third-order valence-electron chi connectivity index (χ3n) is 20.7. The topological polar surface area (TPSA) is 555 Å². The van der Waals surface area contributed by atoms with E-state index in [1.165, 1.54) is 74.7 Å². The van der Waals surface area contributed by atoms with Gasteiger partial charge in [0.05, 0.1) is 41.1 Å². The Morgan fingerprint density at radius 1 is 0.609 bits per heavy atom. The SMILES string of the molecule is CO[C@H]1[C@H](C)O[C@@H](O[C@@H]2c3ccc(c(Cl)c3)Oc3cc4cc(c3O[C@@H]3O[C@H](CO)[C@@H](O)[C@H](O)[C@H]3O[C@H]3C[C@H](N)[C@@H](O)C(C)O3)Oc3ccc(cc3)[C@@H](O)[C@@H](NC(=O)[C@H](N)c3ccc(O)c(Cl)c3)C(=O)N[C@@H](Cc3ccccc3)C(=O)N[C@H]4C(=O)N[C@H]3C(=O)N[C@@H]2C(=O)N[C@H](C(=O)O)c2cc(O)cc(O)c2-c2cc3ccc2O)C[C@@H]1N. The fraction of sp³-hybridized carbons (Fsp3) is 0.372. The van der Waals surface area contributed by atoms with Crippen molar-refractivity contribution in [1.29, 1.82) is 0 Å². The summed E-state index contributed by atoms with van der Waals surface area (Å²) in [6, 6.07) is 11.6. The molecule has 8 aliphatic rings. The Bertz CT molecular complexity index is 4820. The average Bonchev–Trinajstić information content (AvgIpc) is 0.763. The maximum Gasteiger partial charge on any atom is 0.330 e. The number of carbonyl (C=O) groups excluding carboxylic acids is 6. The number of hydrogen-bond acceptors (Lipinski definition) is 28. The summed E-state index contributed by atoms with van der Waals surface area (Å²) in [5.41, 5.74) is 17.6. The normalized spacial score (nSPS) is 30.0. The first kappa shape index (κ1) is 82.4. The molecule has 8 aliphatic heterocycles. The minimum atomic E-state index is -2.27. The maximum absolute atomic E-state index is 16.6. The molecule has 6 amide bonds. The molecule has 0 aliphatic carbocycles. The van der Waals surface area contributed by atoms with E-state index in [4.69, 9.17) is 83.0 Å². The molecule has 35 nitrogen and oxygen atoms in total. The molecule has 37 heteroatoms. The van der Waals surface area contributed by atoms with Crippen molar-refractivity contribution >= 4 is 64.6 Å². The van der Waals surface area contributed by atoms with Gasteiger partial charge >= 0.3 is 5.97 Å². The molecule has 15 rings (SSSR count). The zero-order valence-electron chi connectivity index (χ0n) is 61.2. The number of carboxylic acids is 1. The molecule has 7 aromatic rings. The van der Waals surface area contributed by atoms with Gasteiger partial charge < -0.3 is 143 Å². The van der Waals surface area contributed by atoms with E-state index in [1.54, 1.807) is 37.3 Å². The number of amides is 6. The lowest BCUT2D eigenvalue weighted by molar-refractivity contribution is -0.330. The van der Waals surface area contributed by atoms with Crippen LogP contribution in [-0.2, 0) is 68.4 Å². The number of carbonyl (C=O) groups is 7. The quantitative estimate of drug-likeness (QED) is 0.0743. The molecule has 0 saturated carbocycles. The lowest BCUT2D eigenvalue weighted by Crippen LogP contribution is -2.62. The van der Waals surface area contributed by atoms with E-state index in [1.807, 2.05) is 0 Å². The second kappa shape index (κ2) is 34.5. The lowest BCUT2D eigenvalue weighted by Gasteiger charge is -2.44. The van der Waals surface area contributed by atoms with Crippen LogP contribution in [0.15, 0.2) is 133 Å². The zero-order valence-corrected chi connectivity index (χ0v) is 62.7. The van der Waals surface area contributed by atoms with Crippen LogP contribution in [0.25, 0.3) is 11.1 Å². The van der Waals surface area contributed by atoms with Crippen LogP contribution in [0.1, 0.15) is 102 Å². The first-order chi connectivity index (χ1) is 54.8. The first-order valence-corrected chi connectivity index (χ1v) is 37.1. The Kier molecular flexibility index (Phi) is 24.7. The van der Waals surface area contributed by atoms with Crippen molar-refractivity contribution in [3.63, 3.8) is 0 Å². The van der Waals surface area contributed by atoms with Gasteiger partial charge in [-0.25, -0.2) is 4.79 Å². The second-order valence-corrected chi connectivity index (χ2v) is 29.4. The van der Waals surface area contributed by atoms with E-state index in [0.29, 0.717) is 5.56 Å². The van der Waals surface area contributed by atoms with Crippen molar-refractivity contribution in [1.82, 2.24) is 31.9 Å². The predicted molar refractivity (Wildman–Crippen MR) is 400 cm³/mol. The van der Waals surface area contributed by atoms with Gasteiger partial charge in [-0.15, -0.1) is 0 Å². The molecule has 22 atom stereocenters. The molecule has 115 heavy (non-hydrogen) atoms. The summed E-state index contributed by atoms with van der Waals surface area (Å²) >= 11 is 13.6. The van der Waals surface area contributed by atoms with Crippen LogP contribution >= 0.6 is 23.2 Å². The number of aliphatic hydroxyl groups excluding tert-OH is 5. The Balaban J connectivity index is 1.05. The number of benzene rings is 7. The van der Waals surface area contributed by atoms with E-state index >= 15 is 24.0 Å². The van der Waals surface area contributed by atoms with E-state index in [0.717, 1.165) is 42.5 Å². The zero-order chi connectivity index (χ0) is 82.3. The van der Waals surface area contributed by atoms with Gasteiger partial charge in [-0.2, -0.15) is 0 Å². The number of fused-ring (bicyclic) bond motifs is 15. The van der Waals surface area contributed by atoms with Gasteiger partial charge in [0.1, 0.15) is 101 Å². The summed E-state index contributed by atoms with van der Waals surface area (Å²) in [4.78, 5) is 108. The minimum Gasteiger partial charge on any atom is -0.508 e. The van der Waals surface area contributed by atoms with Crippen LogP contribution in [0.4, 0.5) is 0 Å². The van der Waals surface area contributed by atoms with Crippen LogP contribution in [0.3, 0.4) is 0 Å². The van der Waals surface area contributed by atoms with Crippen molar-refractivity contribution in [3.8, 4) is 62.9 Å². The van der Waals surface area contributed by atoms with Crippen molar-refractivity contribution in [2.75, 3.05) is 13.7 Å². The molecule has 7 aromatic carbocycles. The molecule has 3 fully saturated rings. The van der Waals surface area contributed by atoms with E-state index in [2.05, 4.69) is 31.9 Å². The average molecular weight is 1630 g/mol. The number of nitrogens with one attached hydrogen (secondary N) is 6. The molecule has 8 heterocycles. The highest BCUT2D eigenvalue weighted by atomic mass is 35.5. The largest absolute Gasteiger partial charge is 0.508 e. The predicted octanol–water partition coefficient (Wildman–Crippen LogP) is 2.36. The number of carboxylic acid groups (broad SMARTS) is 1. The first-order valence-electron chi connectivity index (χ1n) is 36.3. The van der Waals surface area contributed by atoms with Crippen LogP contribution in [-0.4, -0.2) is 204 Å². The number of aliphatic carboxylic acids is 1. The van der Waals surface area contributed by atoms with Gasteiger partial charge in [0.2, 0.25) is 47.5 Å². The van der Waals surface area contributed by atoms with E-state index < -0.39 is 240 Å². The van der Waals surface area contributed by atoms with Crippen molar-refractivity contribution in [3.05, 3.63) is 182 Å². The Hall–Kier alpha value is -10.6. The standard InChI is InChI=1S/C78H83Cl2N9O26/c1-30-63(95)44(81)27-54(108-30)114-70-66(98)65(97)53(29-90)112-78(70)115-69-51-23-37-24-52(69)111-50-18-13-36(22-43(50)80)68(113-55-28-45(82)67(107-3)31(2)109-55)62-76(104)87-60(77(105)106)41-25-38(91)26-49(94)56(41)40-20-35(12-16-47(40)92)58(73(101)89-62)86-74(102)59(37)85-71(99)46(19-32-7-5-4-6-8-32)84-75(103)61(64(96)33-9-14-39(110-51)15-10-33)88-72(100)57(83)34-11-17-48(93)42(79)21-34/h4-18,20-26,30-31,44-46,53-55,57-68,70,78,90-98H,19,27-29,81-83H2,1-3H3,(H,84,103)(H,85,99)(H,86,102)(H,87,104)(H,88,100)(H,89,101)(H,105,106)/t30?,31-,44-,45-,46-,53+,54-,55-,57+,58+,59+,60-,61+,62-,63-,64+,65+,66-,67-,68+,70+,78-/m0/s1. The number of phenolic OH excluding ortho intramolecular Hbond substituents is 4. The van der Waals surface area contributed by atoms with Crippen LogP contribution in [0.5, 0.6) is 51.7 Å². The Labute approximate surface area is 664 Å². The smallest absolute Gasteiger partial charge is 0.330 e. The molecule has 0 spiro atoms. The molecular weight excluding hydrogens is 1550 g/mol. The third kappa shape index (κ3) is 17.5. The van der Waals surface area contributed by atoms with Crippen LogP contribution in [0, 0.1) is 0 Å². The molecule has 0 aromatic heterocycles. The summed E-state index contributed by atoms with van der Waals surface area (Å²) in [5, 5.41) is 129. The van der Waals surface area contributed by atoms with E-state index in [9.17, 15) is 60.7 Å². The van der Waals surface area contributed by atoms with Crippen LogP contribution < -0.4 is 63.3 Å². The number of aliphatic hydroxyl groups is 5. The number of halogens is 2. The number of rotatable bonds is 14. The number of hydrogen-bond donors (Lipinski definition) is 19. The highest BCUT2D eigenvalue weighted by Crippen LogP contribution is 2.50. The highest BCUT2D eigenvalue weighted by molar-refractivity contribution is 6.32. The van der Waals surface area contributed by atoms with Crippen molar-refractivity contribution in [2.24, 2.45) is 17.2 Å². The summed E-state index contributed by atoms with van der Waals surface area (Å²) in [6.45, 7) is 2.17. The monoisotopic (exact) mass is 1630 g/mol. The summed E-state index contributed by atoms with van der Waals surface area (Å²) < 4.78 is 57.7. The van der Waals surface area contributed by atoms with Crippen molar-refractivity contribution < 1.29 is 127 Å². The lowest BCUT2D eigenvalue weighted by atomic mass is 9.89. The molecule has 11 bridgehead atoms. The minimum absolute atomic E-state index is 0.0487. The molecule has 0 radical (unpaired) electrons. The summed E-state index contributed by atoms with van der Waals surface area (Å²) in [7, 11) is 1.40. The van der Waals surface area contributed by atoms with Gasteiger partial charge in [-0.3, -0.25) is 28.8 Å². The number of aromatic hydroxyl groups is 4. The number of ether oxygens (including phenoxy) is 9. The second-order valence-electron chi connectivity index (χ2n) is 28.5. The molecule has 22 N–H and O–H groups in total. The van der Waals surface area contributed by atoms with Gasteiger partial charge in [-0.05, 0) is 114 Å². The van der Waals surface area contributed by atoms with Gasteiger partial charge in [0.25, 0.3) is 0 Å². The summed E-state index contributed by atoms with van der Waals surface area (Å²) in [6.07, 6.45) is -20.6. The number of methoxy groups -OCH3 is 1. The Morgan fingerprint density at radius 2 is 1.26 bits per heavy atom. The summed E-state index contributed by atoms with van der Waals surface area (Å²) in [5.74, 6) is -14.2. The van der Waals surface area contributed by atoms with Gasteiger partial charge in [0.15, 0.2) is 36.2 Å². The number of nitrogens with two attached hydrogens (primary N) is 3. The van der Waals surface area contributed by atoms with E-state index in [-0.39, 0.29) is 68.0 Å². The number of phenols is 4. The van der Waals surface area contributed by atoms with Crippen molar-refractivity contribution in [2.45, 2.75) is 167 Å².